The smallest absolute Gasteiger partial charge is 0.0192 e. The lowest BCUT2D eigenvalue weighted by Crippen LogP contribution is -1.87. The van der Waals surface area contributed by atoms with Gasteiger partial charge < -0.3 is 5.73 Å². The van der Waals surface area contributed by atoms with E-state index in [9.17, 15) is 0 Å². The van der Waals surface area contributed by atoms with Gasteiger partial charge in [-0.15, -0.1) is 0 Å². The lowest BCUT2D eigenvalue weighted by molar-refractivity contribution is 0.777. The van der Waals surface area contributed by atoms with E-state index < -0.39 is 0 Å². The van der Waals surface area contributed by atoms with Crippen LogP contribution in [0.1, 0.15) is 26.2 Å². The number of nitrogens with two attached hydrogens (primary N) is 1. The van der Waals surface area contributed by atoms with Gasteiger partial charge in [0.2, 0.25) is 0 Å². The second-order valence-corrected chi connectivity index (χ2v) is 1.38. The maximum atomic E-state index is 5.09. The predicted molar refractivity (Wildman–Crippen MR) is 28.0 cm³/mol. The monoisotopic (exact) mass is 86.1 g/mol. The first-order valence-corrected chi connectivity index (χ1v) is 2.45. The third-order valence-electron chi connectivity index (χ3n) is 0.724. The Morgan fingerprint density at radius 1 is 1.67 bits per heavy atom. The highest BCUT2D eigenvalue weighted by Gasteiger charge is 1.76. The number of hydrogen-bond acceptors (Lipinski definition) is 1. The Hall–Kier alpha value is -0.0400. The molecule has 0 atom stereocenters. The van der Waals surface area contributed by atoms with Crippen LogP contribution in [0.5, 0.6) is 0 Å². The van der Waals surface area contributed by atoms with Crippen LogP contribution in [-0.2, 0) is 0 Å². The molecule has 0 aliphatic carbocycles. The Morgan fingerprint density at radius 3 is 2.50 bits per heavy atom. The van der Waals surface area contributed by atoms with Crippen LogP contribution in [0, 0.1) is 6.54 Å². The fourth-order valence-electron chi connectivity index (χ4n) is 0.322. The first-order valence-electron chi connectivity index (χ1n) is 2.45. The van der Waals surface area contributed by atoms with Gasteiger partial charge >= 0.3 is 0 Å². The molecular weight excluding hydrogens is 74.1 g/mol. The molecule has 2 N–H and O–H groups in total. The Labute approximate surface area is 39.5 Å². The van der Waals surface area contributed by atoms with Gasteiger partial charge in [0.1, 0.15) is 0 Å². The van der Waals surface area contributed by atoms with E-state index in [0.29, 0.717) is 0 Å². The lowest BCUT2D eigenvalue weighted by Gasteiger charge is -1.86. The first-order chi connectivity index (χ1) is 2.91. The van der Waals surface area contributed by atoms with Crippen LogP contribution in [0.2, 0.25) is 0 Å². The molecule has 0 aromatic heterocycles. The van der Waals surface area contributed by atoms with Gasteiger partial charge in [0.15, 0.2) is 0 Å². The second-order valence-electron chi connectivity index (χ2n) is 1.38. The highest BCUT2D eigenvalue weighted by molar-refractivity contribution is 4.50. The zero-order valence-corrected chi connectivity index (χ0v) is 4.28. The van der Waals surface area contributed by atoms with Crippen LogP contribution in [-0.4, -0.2) is 0 Å². The van der Waals surface area contributed by atoms with Crippen LogP contribution in [0.25, 0.3) is 0 Å². The van der Waals surface area contributed by atoms with Crippen molar-refractivity contribution >= 4 is 0 Å². The van der Waals surface area contributed by atoms with Crippen molar-refractivity contribution in [3.8, 4) is 0 Å². The van der Waals surface area contributed by atoms with E-state index in [0.717, 1.165) is 6.42 Å². The van der Waals surface area contributed by atoms with Gasteiger partial charge in [-0.3, -0.25) is 0 Å². The van der Waals surface area contributed by atoms with Crippen molar-refractivity contribution in [2.45, 2.75) is 26.2 Å². The summed E-state index contributed by atoms with van der Waals surface area (Å²) in [4.78, 5) is 0. The highest BCUT2D eigenvalue weighted by Crippen LogP contribution is 1.91. The zero-order chi connectivity index (χ0) is 4.83. The first kappa shape index (κ1) is 5.96. The van der Waals surface area contributed by atoms with Crippen molar-refractivity contribution in [2.75, 3.05) is 0 Å². The summed E-state index contributed by atoms with van der Waals surface area (Å²) < 4.78 is 0. The number of hydrogen-bond donors (Lipinski definition) is 1. The molecule has 0 amide bonds. The average molecular weight is 86.2 g/mol. The number of unbranched alkanes of at least 4 members (excludes halogenated alkanes) is 2. The van der Waals surface area contributed by atoms with E-state index in [2.05, 4.69) is 6.92 Å². The van der Waals surface area contributed by atoms with E-state index >= 15 is 0 Å². The molecule has 0 bridgehead atoms. The SMILES string of the molecule is CCCC[CH]N. The molecule has 0 spiro atoms. The minimum atomic E-state index is 1.07. The molecule has 0 aliphatic rings. The largest absolute Gasteiger partial charge is 0.326 e. The molecule has 6 heavy (non-hydrogen) atoms. The molecular formula is C5H12N. The van der Waals surface area contributed by atoms with Crippen molar-refractivity contribution in [2.24, 2.45) is 5.73 Å². The minimum absolute atomic E-state index is 1.07. The van der Waals surface area contributed by atoms with Crippen LogP contribution in [0.15, 0.2) is 0 Å². The molecule has 0 heterocycles. The average Bonchev–Trinajstić information content (AvgIpc) is 1.61. The van der Waals surface area contributed by atoms with Crippen LogP contribution < -0.4 is 5.73 Å². The molecule has 0 unspecified atom stereocenters. The van der Waals surface area contributed by atoms with Gasteiger partial charge in [-0.25, -0.2) is 0 Å². The fraction of sp³-hybridized carbons (Fsp3) is 0.800. The molecule has 0 aliphatic heterocycles. The van der Waals surface area contributed by atoms with Crippen molar-refractivity contribution in [3.63, 3.8) is 0 Å². The predicted octanol–water partition coefficient (Wildman–Crippen LogP) is 1.30. The molecule has 0 aromatic carbocycles. The Balaban J connectivity index is 2.34. The van der Waals surface area contributed by atoms with E-state index in [-0.39, 0.29) is 0 Å². The summed E-state index contributed by atoms with van der Waals surface area (Å²) in [6.45, 7) is 3.87. The minimum Gasteiger partial charge on any atom is -0.326 e. The molecule has 0 rings (SSSR count). The Bertz CT molecular complexity index is 15.9. The van der Waals surface area contributed by atoms with Crippen LogP contribution >= 0.6 is 0 Å². The van der Waals surface area contributed by atoms with E-state index in [1.54, 1.807) is 6.54 Å². The summed E-state index contributed by atoms with van der Waals surface area (Å²) in [6, 6.07) is 0. The van der Waals surface area contributed by atoms with E-state index in [1.165, 1.54) is 12.8 Å². The summed E-state index contributed by atoms with van der Waals surface area (Å²) in [5.41, 5.74) is 5.09. The van der Waals surface area contributed by atoms with Crippen LogP contribution in [0.3, 0.4) is 0 Å². The standard InChI is InChI=1S/C5H12N/c1-2-3-4-5-6/h5H,2-4,6H2,1H3. The molecule has 0 fully saturated rings. The van der Waals surface area contributed by atoms with E-state index in [1.807, 2.05) is 0 Å². The van der Waals surface area contributed by atoms with Crippen molar-refractivity contribution in [1.29, 1.82) is 0 Å². The zero-order valence-electron chi connectivity index (χ0n) is 4.28. The van der Waals surface area contributed by atoms with Crippen molar-refractivity contribution in [1.82, 2.24) is 0 Å². The van der Waals surface area contributed by atoms with Crippen molar-refractivity contribution in [3.05, 3.63) is 6.54 Å². The molecule has 0 aromatic rings. The molecule has 37 valence electrons. The lowest BCUT2D eigenvalue weighted by atomic mass is 10.3. The van der Waals surface area contributed by atoms with Gasteiger partial charge in [0.25, 0.3) is 0 Å². The van der Waals surface area contributed by atoms with Crippen molar-refractivity contribution < 1.29 is 0 Å². The summed E-state index contributed by atoms with van der Waals surface area (Å²) in [7, 11) is 0. The molecule has 1 heteroatoms. The van der Waals surface area contributed by atoms with Gasteiger partial charge in [0, 0.05) is 6.54 Å². The quantitative estimate of drug-likeness (QED) is 0.515. The van der Waals surface area contributed by atoms with Crippen LogP contribution in [0.4, 0.5) is 0 Å². The summed E-state index contributed by atoms with van der Waals surface area (Å²) >= 11 is 0. The maximum absolute atomic E-state index is 5.09. The normalized spacial score (nSPS) is 9.00. The van der Waals surface area contributed by atoms with Gasteiger partial charge in [-0.05, 0) is 6.42 Å². The summed E-state index contributed by atoms with van der Waals surface area (Å²) in [5, 5.41) is 0. The Morgan fingerprint density at radius 2 is 2.33 bits per heavy atom. The van der Waals surface area contributed by atoms with Gasteiger partial charge in [-0.1, -0.05) is 19.8 Å². The third-order valence-corrected chi connectivity index (χ3v) is 0.724. The highest BCUT2D eigenvalue weighted by atomic mass is 14.5. The fourth-order valence-corrected chi connectivity index (χ4v) is 0.322. The summed E-state index contributed by atoms with van der Waals surface area (Å²) in [6.07, 6.45) is 3.54. The van der Waals surface area contributed by atoms with Gasteiger partial charge in [0.05, 0.1) is 0 Å². The van der Waals surface area contributed by atoms with Gasteiger partial charge in [-0.2, -0.15) is 0 Å². The molecule has 0 saturated carbocycles. The third kappa shape index (κ3) is 3.96. The molecule has 1 nitrogen and oxygen atoms in total. The maximum Gasteiger partial charge on any atom is 0.0192 e. The molecule has 0 saturated heterocycles. The second kappa shape index (κ2) is 4.96. The molecule has 1 radical (unpaired) electrons. The topological polar surface area (TPSA) is 26.0 Å². The Kier molecular flexibility index (Phi) is 4.93. The van der Waals surface area contributed by atoms with E-state index in [4.69, 9.17) is 5.73 Å². The summed E-state index contributed by atoms with van der Waals surface area (Å²) in [5.74, 6) is 0. The number of rotatable bonds is 3.